The number of amides is 3. The SMILES string of the molecule is CN(C)c1ccc(NC(=O)Nc2ccc(Cl)c(Cl)c2)cc1C(=O)NCCc1ccccc1. The molecule has 0 fully saturated rings. The van der Waals surface area contributed by atoms with Gasteiger partial charge in [-0.15, -0.1) is 0 Å². The highest BCUT2D eigenvalue weighted by Gasteiger charge is 2.15. The van der Waals surface area contributed by atoms with Crippen LogP contribution in [0.1, 0.15) is 15.9 Å². The lowest BCUT2D eigenvalue weighted by atomic mass is 10.1. The van der Waals surface area contributed by atoms with Gasteiger partial charge in [-0.05, 0) is 48.4 Å². The van der Waals surface area contributed by atoms with Crippen LogP contribution in [0.3, 0.4) is 0 Å². The first-order chi connectivity index (χ1) is 15.3. The van der Waals surface area contributed by atoms with E-state index in [1.807, 2.05) is 49.3 Å². The molecule has 0 aromatic heterocycles. The molecule has 0 heterocycles. The van der Waals surface area contributed by atoms with Crippen molar-refractivity contribution in [1.82, 2.24) is 5.32 Å². The number of benzene rings is 3. The second-order valence-electron chi connectivity index (χ2n) is 7.33. The predicted octanol–water partition coefficient (Wildman–Crippen LogP) is 5.68. The molecule has 0 spiro atoms. The van der Waals surface area contributed by atoms with E-state index in [9.17, 15) is 9.59 Å². The van der Waals surface area contributed by atoms with E-state index >= 15 is 0 Å². The number of carbonyl (C=O) groups excluding carboxylic acids is 2. The Morgan fingerprint density at radius 3 is 2.16 bits per heavy atom. The molecule has 0 saturated heterocycles. The van der Waals surface area contributed by atoms with Gasteiger partial charge in [0.15, 0.2) is 0 Å². The molecule has 0 radical (unpaired) electrons. The second kappa shape index (κ2) is 10.9. The quantitative estimate of drug-likeness (QED) is 0.416. The van der Waals surface area contributed by atoms with E-state index in [0.717, 1.165) is 17.7 Å². The Morgan fingerprint density at radius 1 is 0.844 bits per heavy atom. The van der Waals surface area contributed by atoms with Crippen LogP contribution in [0.25, 0.3) is 0 Å². The lowest BCUT2D eigenvalue weighted by Crippen LogP contribution is -2.28. The van der Waals surface area contributed by atoms with Crippen LogP contribution in [0.4, 0.5) is 21.9 Å². The van der Waals surface area contributed by atoms with Crippen LogP contribution < -0.4 is 20.9 Å². The molecular formula is C24H24Cl2N4O2. The predicted molar refractivity (Wildman–Crippen MR) is 132 cm³/mol. The summed E-state index contributed by atoms with van der Waals surface area (Å²) in [6.07, 6.45) is 0.730. The van der Waals surface area contributed by atoms with Crippen molar-refractivity contribution in [2.75, 3.05) is 36.2 Å². The van der Waals surface area contributed by atoms with Crippen molar-refractivity contribution in [3.05, 3.63) is 87.9 Å². The molecule has 0 aliphatic carbocycles. The van der Waals surface area contributed by atoms with E-state index in [2.05, 4.69) is 16.0 Å². The van der Waals surface area contributed by atoms with Gasteiger partial charge >= 0.3 is 6.03 Å². The topological polar surface area (TPSA) is 73.5 Å². The van der Waals surface area contributed by atoms with E-state index in [4.69, 9.17) is 23.2 Å². The molecule has 6 nitrogen and oxygen atoms in total. The monoisotopic (exact) mass is 470 g/mol. The van der Waals surface area contributed by atoms with Crippen molar-refractivity contribution in [3.8, 4) is 0 Å². The maximum Gasteiger partial charge on any atom is 0.323 e. The summed E-state index contributed by atoms with van der Waals surface area (Å²) in [5.74, 6) is -0.210. The number of halogens is 2. The Bertz CT molecular complexity index is 1100. The van der Waals surface area contributed by atoms with Gasteiger partial charge in [0, 0.05) is 37.7 Å². The highest BCUT2D eigenvalue weighted by molar-refractivity contribution is 6.42. The van der Waals surface area contributed by atoms with Crippen LogP contribution in [-0.4, -0.2) is 32.6 Å². The highest BCUT2D eigenvalue weighted by atomic mass is 35.5. The summed E-state index contributed by atoms with van der Waals surface area (Å²) in [5.41, 5.74) is 3.35. The van der Waals surface area contributed by atoms with Crippen molar-refractivity contribution in [2.24, 2.45) is 0 Å². The first kappa shape index (κ1) is 23.4. The summed E-state index contributed by atoms with van der Waals surface area (Å²) in [6.45, 7) is 0.505. The first-order valence-electron chi connectivity index (χ1n) is 10.00. The molecule has 8 heteroatoms. The zero-order chi connectivity index (χ0) is 23.1. The number of urea groups is 1. The average Bonchev–Trinajstić information content (AvgIpc) is 2.76. The van der Waals surface area contributed by atoms with Crippen molar-refractivity contribution in [1.29, 1.82) is 0 Å². The fraction of sp³-hybridized carbons (Fsp3) is 0.167. The minimum Gasteiger partial charge on any atom is -0.377 e. The maximum absolute atomic E-state index is 12.9. The number of nitrogens with zero attached hydrogens (tertiary/aromatic N) is 1. The fourth-order valence-corrected chi connectivity index (χ4v) is 3.41. The summed E-state index contributed by atoms with van der Waals surface area (Å²) < 4.78 is 0. The molecule has 0 aliphatic rings. The summed E-state index contributed by atoms with van der Waals surface area (Å²) in [7, 11) is 3.72. The van der Waals surface area contributed by atoms with E-state index in [0.29, 0.717) is 33.5 Å². The van der Waals surface area contributed by atoms with Crippen LogP contribution in [0.5, 0.6) is 0 Å². The van der Waals surface area contributed by atoms with Gasteiger partial charge in [0.2, 0.25) is 0 Å². The third-order valence-corrected chi connectivity index (χ3v) is 5.44. The van der Waals surface area contributed by atoms with Crippen LogP contribution >= 0.6 is 23.2 Å². The van der Waals surface area contributed by atoms with Crippen LogP contribution in [0.2, 0.25) is 10.0 Å². The summed E-state index contributed by atoms with van der Waals surface area (Å²) >= 11 is 11.9. The lowest BCUT2D eigenvalue weighted by Gasteiger charge is -2.19. The summed E-state index contributed by atoms with van der Waals surface area (Å²) in [5, 5.41) is 9.13. The summed E-state index contributed by atoms with van der Waals surface area (Å²) in [6, 6.07) is 19.5. The van der Waals surface area contributed by atoms with Crippen molar-refractivity contribution in [3.63, 3.8) is 0 Å². The number of hydrogen-bond acceptors (Lipinski definition) is 3. The zero-order valence-electron chi connectivity index (χ0n) is 17.8. The summed E-state index contributed by atoms with van der Waals surface area (Å²) in [4.78, 5) is 27.1. The first-order valence-corrected chi connectivity index (χ1v) is 10.8. The molecule has 3 aromatic carbocycles. The van der Waals surface area contributed by atoms with Crippen LogP contribution in [0.15, 0.2) is 66.7 Å². The van der Waals surface area contributed by atoms with Gasteiger partial charge in [-0.2, -0.15) is 0 Å². The minimum atomic E-state index is -0.462. The van der Waals surface area contributed by atoms with E-state index in [1.165, 1.54) is 0 Å². The van der Waals surface area contributed by atoms with Crippen molar-refractivity contribution >= 4 is 52.2 Å². The number of rotatable bonds is 7. The third-order valence-electron chi connectivity index (χ3n) is 4.70. The normalized spacial score (nSPS) is 10.4. The van der Waals surface area contributed by atoms with Gasteiger partial charge in [0.05, 0.1) is 15.6 Å². The Hall–Kier alpha value is -3.22. The van der Waals surface area contributed by atoms with Crippen LogP contribution in [-0.2, 0) is 6.42 Å². The van der Waals surface area contributed by atoms with Gasteiger partial charge in [-0.25, -0.2) is 4.79 Å². The molecule has 0 aliphatic heterocycles. The number of carbonyl (C=O) groups is 2. The molecule has 0 unspecified atom stereocenters. The number of nitrogens with one attached hydrogen (secondary N) is 3. The Balaban J connectivity index is 1.68. The molecular weight excluding hydrogens is 447 g/mol. The molecule has 0 atom stereocenters. The molecule has 3 N–H and O–H groups in total. The van der Waals surface area contributed by atoms with E-state index in [-0.39, 0.29) is 5.91 Å². The van der Waals surface area contributed by atoms with Crippen molar-refractivity contribution in [2.45, 2.75) is 6.42 Å². The highest BCUT2D eigenvalue weighted by Crippen LogP contribution is 2.26. The van der Waals surface area contributed by atoms with Gasteiger partial charge in [-0.3, -0.25) is 4.79 Å². The Morgan fingerprint density at radius 2 is 1.50 bits per heavy atom. The largest absolute Gasteiger partial charge is 0.377 e. The molecule has 0 saturated carbocycles. The molecule has 0 bridgehead atoms. The van der Waals surface area contributed by atoms with Gasteiger partial charge in [-0.1, -0.05) is 53.5 Å². The molecule has 3 aromatic rings. The average molecular weight is 471 g/mol. The van der Waals surface area contributed by atoms with E-state index in [1.54, 1.807) is 36.4 Å². The zero-order valence-corrected chi connectivity index (χ0v) is 19.3. The Kier molecular flexibility index (Phi) is 7.98. The standard InChI is InChI=1S/C24H24Cl2N4O2/c1-30(2)22-11-9-17(28-24(32)29-18-8-10-20(25)21(26)15-18)14-19(22)23(31)27-13-12-16-6-4-3-5-7-16/h3-11,14-15H,12-13H2,1-2H3,(H,27,31)(H2,28,29,32). The minimum absolute atomic E-state index is 0.210. The van der Waals surface area contributed by atoms with E-state index < -0.39 is 6.03 Å². The fourth-order valence-electron chi connectivity index (χ4n) is 3.11. The molecule has 3 amide bonds. The lowest BCUT2D eigenvalue weighted by molar-refractivity contribution is 0.0954. The molecule has 3 rings (SSSR count). The Labute approximate surface area is 197 Å². The van der Waals surface area contributed by atoms with Gasteiger partial charge in [0.25, 0.3) is 5.91 Å². The molecule has 166 valence electrons. The van der Waals surface area contributed by atoms with Crippen LogP contribution in [0, 0.1) is 0 Å². The molecule has 32 heavy (non-hydrogen) atoms. The smallest absolute Gasteiger partial charge is 0.323 e. The third kappa shape index (κ3) is 6.39. The van der Waals surface area contributed by atoms with Gasteiger partial charge in [0.1, 0.15) is 0 Å². The number of hydrogen-bond donors (Lipinski definition) is 3. The van der Waals surface area contributed by atoms with Gasteiger partial charge < -0.3 is 20.9 Å². The maximum atomic E-state index is 12.9. The number of anilines is 3. The van der Waals surface area contributed by atoms with Crippen molar-refractivity contribution < 1.29 is 9.59 Å². The second-order valence-corrected chi connectivity index (χ2v) is 8.14.